The predicted octanol–water partition coefficient (Wildman–Crippen LogP) is 1.77. The molecule has 0 spiro atoms. The van der Waals surface area contributed by atoms with Gasteiger partial charge in [0, 0.05) is 24.3 Å². The van der Waals surface area contributed by atoms with Crippen LogP contribution in [0.2, 0.25) is 0 Å². The molecule has 7 heteroatoms. The van der Waals surface area contributed by atoms with E-state index < -0.39 is 5.97 Å². The number of carboxylic acids is 1. The van der Waals surface area contributed by atoms with Crippen molar-refractivity contribution in [2.45, 2.75) is 39.7 Å². The Kier molecular flexibility index (Phi) is 4.65. The van der Waals surface area contributed by atoms with Crippen LogP contribution in [-0.2, 0) is 16.1 Å². The minimum absolute atomic E-state index is 0.106. The Hall–Kier alpha value is -2.96. The fourth-order valence-corrected chi connectivity index (χ4v) is 2.76. The van der Waals surface area contributed by atoms with E-state index in [-0.39, 0.29) is 25.2 Å². The van der Waals surface area contributed by atoms with Crippen LogP contribution in [0.15, 0.2) is 24.3 Å². The Bertz CT molecular complexity index is 962. The van der Waals surface area contributed by atoms with Crippen LogP contribution in [0.25, 0.3) is 21.9 Å². The van der Waals surface area contributed by atoms with Gasteiger partial charge in [0.2, 0.25) is 5.91 Å². The molecule has 1 N–H and O–H groups in total. The number of pyridine rings is 1. The van der Waals surface area contributed by atoms with Crippen LogP contribution in [0.4, 0.5) is 5.82 Å². The summed E-state index contributed by atoms with van der Waals surface area (Å²) in [4.78, 5) is 27.2. The number of carbonyl (C=O) groups is 2. The van der Waals surface area contributed by atoms with Crippen LogP contribution in [0.1, 0.15) is 31.7 Å². The van der Waals surface area contributed by atoms with Gasteiger partial charge in [0.1, 0.15) is 0 Å². The second-order valence-electron chi connectivity index (χ2n) is 5.99. The second-order valence-corrected chi connectivity index (χ2v) is 5.99. The van der Waals surface area contributed by atoms with E-state index in [1.807, 2.05) is 38.1 Å². The van der Waals surface area contributed by atoms with E-state index in [4.69, 9.17) is 0 Å². The number of amides is 1. The van der Waals surface area contributed by atoms with E-state index in [9.17, 15) is 14.7 Å². The highest BCUT2D eigenvalue weighted by Gasteiger charge is 2.14. The summed E-state index contributed by atoms with van der Waals surface area (Å²) in [6.07, 6.45) is 0.207. The normalized spacial score (nSPS) is 11.1. The average molecular weight is 339 g/mol. The molecule has 0 aliphatic rings. The molecule has 0 saturated heterocycles. The number of aromatic nitrogens is 3. The maximum Gasteiger partial charge on any atom is 0.225 e. The summed E-state index contributed by atoms with van der Waals surface area (Å²) in [6, 6.07) is 7.98. The lowest BCUT2D eigenvalue weighted by molar-refractivity contribution is -0.305. The first-order valence-electron chi connectivity index (χ1n) is 8.25. The maximum absolute atomic E-state index is 12.0. The average Bonchev–Trinajstić information content (AvgIpc) is 2.89. The number of nitrogens with one attached hydrogen (secondary N) is 1. The van der Waals surface area contributed by atoms with Gasteiger partial charge < -0.3 is 15.2 Å². The molecule has 0 aliphatic carbocycles. The second kappa shape index (κ2) is 6.88. The first-order valence-corrected chi connectivity index (χ1v) is 8.25. The van der Waals surface area contributed by atoms with Gasteiger partial charge in [-0.25, -0.2) is 9.67 Å². The maximum atomic E-state index is 12.0. The van der Waals surface area contributed by atoms with Crippen molar-refractivity contribution >= 4 is 39.6 Å². The van der Waals surface area contributed by atoms with Gasteiger partial charge in [-0.2, -0.15) is 5.10 Å². The van der Waals surface area contributed by atoms with Gasteiger partial charge in [0.15, 0.2) is 11.5 Å². The zero-order chi connectivity index (χ0) is 18.0. The number of hydrogen-bond donors (Lipinski definition) is 1. The zero-order valence-corrected chi connectivity index (χ0v) is 14.2. The lowest BCUT2D eigenvalue weighted by Crippen LogP contribution is -2.22. The minimum atomic E-state index is -1.15. The molecule has 2 aromatic heterocycles. The summed E-state index contributed by atoms with van der Waals surface area (Å²) >= 11 is 0. The standard InChI is InChI=1S/C18H20N4O3/c1-3-22-18-13(10-12-8-7-11(2)9-14(12)19-18)17(21-22)20-15(23)5-4-6-16(24)25/h7-10H,3-6H2,1-2H3,(H,24,25)(H,20,21,23)/p-1. The third-order valence-electron chi connectivity index (χ3n) is 4.02. The molecule has 2 heterocycles. The minimum Gasteiger partial charge on any atom is -0.550 e. The Labute approximate surface area is 144 Å². The molecule has 25 heavy (non-hydrogen) atoms. The molecule has 0 atom stereocenters. The number of carboxylic acid groups (broad SMARTS) is 1. The van der Waals surface area contributed by atoms with Gasteiger partial charge in [-0.15, -0.1) is 0 Å². The number of anilines is 1. The van der Waals surface area contributed by atoms with Crippen LogP contribution >= 0.6 is 0 Å². The van der Waals surface area contributed by atoms with Gasteiger partial charge in [-0.05, 0) is 44.4 Å². The van der Waals surface area contributed by atoms with Crippen molar-refractivity contribution in [2.75, 3.05) is 5.32 Å². The lowest BCUT2D eigenvalue weighted by Gasteiger charge is -2.04. The predicted molar refractivity (Wildman–Crippen MR) is 92.9 cm³/mol. The van der Waals surface area contributed by atoms with Crippen molar-refractivity contribution < 1.29 is 14.7 Å². The lowest BCUT2D eigenvalue weighted by atomic mass is 10.1. The number of fused-ring (bicyclic) bond motifs is 2. The number of rotatable bonds is 6. The highest BCUT2D eigenvalue weighted by molar-refractivity contribution is 6.02. The molecular formula is C18H19N4O3-. The number of nitrogens with zero attached hydrogens (tertiary/aromatic N) is 3. The third kappa shape index (κ3) is 3.60. The molecular weight excluding hydrogens is 320 g/mol. The molecule has 0 unspecified atom stereocenters. The fraction of sp³-hybridized carbons (Fsp3) is 0.333. The van der Waals surface area contributed by atoms with Crippen LogP contribution in [-0.4, -0.2) is 26.6 Å². The van der Waals surface area contributed by atoms with Gasteiger partial charge in [0.05, 0.1) is 10.9 Å². The van der Waals surface area contributed by atoms with Gasteiger partial charge in [0.25, 0.3) is 0 Å². The number of carbonyl (C=O) groups excluding carboxylic acids is 2. The van der Waals surface area contributed by atoms with Crippen LogP contribution in [0, 0.1) is 6.92 Å². The molecule has 1 aromatic carbocycles. The topological polar surface area (TPSA) is 99.9 Å². The first kappa shape index (κ1) is 16.9. The van der Waals surface area contributed by atoms with Crippen molar-refractivity contribution in [3.05, 3.63) is 29.8 Å². The van der Waals surface area contributed by atoms with Gasteiger partial charge in [-0.3, -0.25) is 4.79 Å². The summed E-state index contributed by atoms with van der Waals surface area (Å²) in [5.41, 5.74) is 2.72. The highest BCUT2D eigenvalue weighted by Crippen LogP contribution is 2.26. The Morgan fingerprint density at radius 1 is 1.24 bits per heavy atom. The summed E-state index contributed by atoms with van der Waals surface area (Å²) < 4.78 is 1.74. The number of aliphatic carboxylic acids is 1. The molecule has 7 nitrogen and oxygen atoms in total. The van der Waals surface area contributed by atoms with Gasteiger partial charge in [-0.1, -0.05) is 12.1 Å². The molecule has 3 aromatic rings. The van der Waals surface area contributed by atoms with Crippen molar-refractivity contribution in [1.82, 2.24) is 14.8 Å². The van der Waals surface area contributed by atoms with E-state index in [0.29, 0.717) is 18.0 Å². The zero-order valence-electron chi connectivity index (χ0n) is 14.2. The molecule has 0 aliphatic heterocycles. The van der Waals surface area contributed by atoms with Crippen LogP contribution in [0.3, 0.4) is 0 Å². The number of aryl methyl sites for hydroxylation is 2. The fourth-order valence-electron chi connectivity index (χ4n) is 2.76. The molecule has 0 fully saturated rings. The summed E-state index contributed by atoms with van der Waals surface area (Å²) in [5.74, 6) is -0.974. The molecule has 0 radical (unpaired) electrons. The monoisotopic (exact) mass is 339 g/mol. The van der Waals surface area contributed by atoms with E-state index in [2.05, 4.69) is 15.4 Å². The van der Waals surface area contributed by atoms with E-state index in [1.54, 1.807) is 4.68 Å². The van der Waals surface area contributed by atoms with Crippen molar-refractivity contribution in [1.29, 1.82) is 0 Å². The van der Waals surface area contributed by atoms with Crippen LogP contribution in [0.5, 0.6) is 0 Å². The quantitative estimate of drug-likeness (QED) is 0.738. The number of hydrogen-bond acceptors (Lipinski definition) is 5. The molecule has 130 valence electrons. The Morgan fingerprint density at radius 2 is 2.04 bits per heavy atom. The molecule has 0 saturated carbocycles. The third-order valence-corrected chi connectivity index (χ3v) is 4.02. The Balaban J connectivity index is 1.93. The largest absolute Gasteiger partial charge is 0.550 e. The molecule has 1 amide bonds. The summed E-state index contributed by atoms with van der Waals surface area (Å²) in [7, 11) is 0. The molecule has 3 rings (SSSR count). The SMILES string of the molecule is CCn1nc(NC(=O)CCCC(=O)[O-])c2cc3ccc(C)cc3nc21. The number of benzene rings is 1. The van der Waals surface area contributed by atoms with Crippen LogP contribution < -0.4 is 10.4 Å². The van der Waals surface area contributed by atoms with Crippen molar-refractivity contribution in [2.24, 2.45) is 0 Å². The summed E-state index contributed by atoms with van der Waals surface area (Å²) in [6.45, 7) is 4.60. The highest BCUT2D eigenvalue weighted by atomic mass is 16.4. The van der Waals surface area contributed by atoms with Crippen molar-refractivity contribution in [3.8, 4) is 0 Å². The smallest absolute Gasteiger partial charge is 0.225 e. The van der Waals surface area contributed by atoms with Crippen molar-refractivity contribution in [3.63, 3.8) is 0 Å². The van der Waals surface area contributed by atoms with Gasteiger partial charge >= 0.3 is 0 Å². The molecule has 0 bridgehead atoms. The van der Waals surface area contributed by atoms with E-state index in [0.717, 1.165) is 21.9 Å². The first-order chi connectivity index (χ1) is 12.0. The van der Waals surface area contributed by atoms with E-state index >= 15 is 0 Å². The summed E-state index contributed by atoms with van der Waals surface area (Å²) in [5, 5.41) is 19.4. The Morgan fingerprint density at radius 3 is 2.76 bits per heavy atom. The van der Waals surface area contributed by atoms with E-state index in [1.165, 1.54) is 0 Å².